The van der Waals surface area contributed by atoms with Crippen LogP contribution in [0.15, 0.2) is 41.3 Å². The Hall–Kier alpha value is -0.484. The molecule has 0 spiro atoms. The number of hydrogen-bond donors (Lipinski definition) is 0. The van der Waals surface area contributed by atoms with Crippen molar-refractivity contribution in [2.75, 3.05) is 37.8 Å². The SMILES string of the molecule is C#CCN(CCCS(=O)(=O)[O-])S(=O)(=O)c1cccc2c(N(C)C)cccc12.[K+]. The predicted molar refractivity (Wildman–Crippen MR) is 105 cm³/mol. The van der Waals surface area contributed by atoms with Crippen LogP contribution in [-0.4, -0.2) is 58.6 Å². The molecule has 2 aromatic rings. The number of nitrogens with zero attached hydrogens (tertiary/aromatic N) is 2. The molecule has 0 amide bonds. The smallest absolute Gasteiger partial charge is 0.748 e. The van der Waals surface area contributed by atoms with E-state index >= 15 is 0 Å². The average molecular weight is 449 g/mol. The van der Waals surface area contributed by atoms with E-state index in [0.29, 0.717) is 5.39 Å². The van der Waals surface area contributed by atoms with Crippen molar-refractivity contribution in [1.82, 2.24) is 4.31 Å². The first-order valence-corrected chi connectivity index (χ1v) is 11.2. The molecule has 0 fully saturated rings. The van der Waals surface area contributed by atoms with Crippen molar-refractivity contribution in [3.8, 4) is 12.3 Å². The zero-order chi connectivity index (χ0) is 20.2. The molecule has 146 valence electrons. The third-order valence-electron chi connectivity index (χ3n) is 4.03. The molecule has 7 nitrogen and oxygen atoms in total. The molecule has 0 bridgehead atoms. The van der Waals surface area contributed by atoms with E-state index in [9.17, 15) is 21.4 Å². The molecule has 0 aliphatic heterocycles. The number of anilines is 1. The van der Waals surface area contributed by atoms with Gasteiger partial charge in [0.05, 0.1) is 21.6 Å². The second-order valence-electron chi connectivity index (χ2n) is 6.18. The van der Waals surface area contributed by atoms with Crippen LogP contribution in [0.5, 0.6) is 0 Å². The standard InChI is InChI=1S/C18H22N2O5S2.K/c1-4-12-20(13-7-14-26(21,22)23)27(24,25)18-11-6-8-15-16(18)9-5-10-17(15)19(2)3;/h1,5-6,8-11H,7,12-14H2,2-3H3,(H,21,22,23);/q;+1/p-1. The molecule has 0 radical (unpaired) electrons. The number of benzene rings is 2. The first-order valence-electron chi connectivity index (χ1n) is 8.14. The van der Waals surface area contributed by atoms with E-state index in [1.807, 2.05) is 31.1 Å². The van der Waals surface area contributed by atoms with Crippen LogP contribution in [0, 0.1) is 12.3 Å². The van der Waals surface area contributed by atoms with Gasteiger partial charge in [-0.05, 0) is 18.6 Å². The van der Waals surface area contributed by atoms with Crippen molar-refractivity contribution in [2.45, 2.75) is 11.3 Å². The fourth-order valence-electron chi connectivity index (χ4n) is 2.82. The monoisotopic (exact) mass is 448 g/mol. The van der Waals surface area contributed by atoms with Crippen molar-refractivity contribution >= 4 is 36.6 Å². The van der Waals surface area contributed by atoms with Crippen molar-refractivity contribution in [1.29, 1.82) is 0 Å². The molecular formula is C18H21KN2O5S2. The van der Waals surface area contributed by atoms with Crippen LogP contribution < -0.4 is 56.3 Å². The summed E-state index contributed by atoms with van der Waals surface area (Å²) in [7, 11) is -4.67. The number of hydrogen-bond acceptors (Lipinski definition) is 6. The van der Waals surface area contributed by atoms with Gasteiger partial charge in [-0.15, -0.1) is 6.42 Å². The van der Waals surface area contributed by atoms with Crippen molar-refractivity contribution in [3.63, 3.8) is 0 Å². The van der Waals surface area contributed by atoms with Crippen molar-refractivity contribution in [3.05, 3.63) is 36.4 Å². The molecule has 0 aliphatic carbocycles. The topological polar surface area (TPSA) is 97.8 Å². The summed E-state index contributed by atoms with van der Waals surface area (Å²) in [5.74, 6) is 1.63. The zero-order valence-corrected chi connectivity index (χ0v) is 20.9. The molecule has 2 aromatic carbocycles. The largest absolute Gasteiger partial charge is 1.00 e. The summed E-state index contributed by atoms with van der Waals surface area (Å²) >= 11 is 0. The molecule has 0 heterocycles. The number of sulfonamides is 1. The van der Waals surface area contributed by atoms with Gasteiger partial charge in [-0.2, -0.15) is 4.31 Å². The van der Waals surface area contributed by atoms with Gasteiger partial charge in [0, 0.05) is 42.9 Å². The van der Waals surface area contributed by atoms with Gasteiger partial charge in [0.1, 0.15) is 0 Å². The Bertz CT molecular complexity index is 1080. The van der Waals surface area contributed by atoms with Gasteiger partial charge in [0.2, 0.25) is 10.0 Å². The van der Waals surface area contributed by atoms with Crippen LogP contribution in [-0.2, 0) is 20.1 Å². The van der Waals surface area contributed by atoms with E-state index in [2.05, 4.69) is 5.92 Å². The summed E-state index contributed by atoms with van der Waals surface area (Å²) in [5.41, 5.74) is 0.866. The Kier molecular flexibility index (Phi) is 9.60. The first kappa shape index (κ1) is 25.6. The molecule has 0 atom stereocenters. The second kappa shape index (κ2) is 10.5. The molecule has 0 aliphatic rings. The summed E-state index contributed by atoms with van der Waals surface area (Å²) < 4.78 is 59.7. The fraction of sp³-hybridized carbons (Fsp3) is 0.333. The maximum Gasteiger partial charge on any atom is 1.00 e. The van der Waals surface area contributed by atoms with Gasteiger partial charge < -0.3 is 9.45 Å². The molecule has 0 saturated carbocycles. The van der Waals surface area contributed by atoms with Crippen LogP contribution >= 0.6 is 0 Å². The first-order chi connectivity index (χ1) is 12.6. The van der Waals surface area contributed by atoms with Crippen LogP contribution in [0.1, 0.15) is 6.42 Å². The van der Waals surface area contributed by atoms with Gasteiger partial charge in [-0.25, -0.2) is 16.8 Å². The zero-order valence-electron chi connectivity index (χ0n) is 16.1. The molecule has 2 rings (SSSR count). The van der Waals surface area contributed by atoms with E-state index in [-0.39, 0.29) is 75.8 Å². The minimum atomic E-state index is -4.42. The minimum absolute atomic E-state index is 0. The van der Waals surface area contributed by atoms with Gasteiger partial charge in [-0.1, -0.05) is 30.2 Å². The maximum absolute atomic E-state index is 13.2. The summed E-state index contributed by atoms with van der Waals surface area (Å²) in [6, 6.07) is 10.3. The number of fused-ring (bicyclic) bond motifs is 1. The summed E-state index contributed by atoms with van der Waals surface area (Å²) in [5, 5.41) is 1.31. The minimum Gasteiger partial charge on any atom is -0.748 e. The Labute approximate surface area is 209 Å². The summed E-state index contributed by atoms with van der Waals surface area (Å²) in [4.78, 5) is 1.97. The average Bonchev–Trinajstić information content (AvgIpc) is 2.58. The van der Waals surface area contributed by atoms with E-state index < -0.39 is 25.9 Å². The maximum atomic E-state index is 13.2. The Balaban J connectivity index is 0.00000392. The molecule has 0 saturated heterocycles. The molecular weight excluding hydrogens is 427 g/mol. The quantitative estimate of drug-likeness (QED) is 0.276. The van der Waals surface area contributed by atoms with Crippen LogP contribution in [0.2, 0.25) is 0 Å². The molecule has 0 unspecified atom stereocenters. The number of rotatable bonds is 8. The normalized spacial score (nSPS) is 11.8. The molecule has 0 aromatic heterocycles. The van der Waals surface area contributed by atoms with Crippen LogP contribution in [0.3, 0.4) is 0 Å². The third kappa shape index (κ3) is 6.26. The Morgan fingerprint density at radius 3 is 2.21 bits per heavy atom. The summed E-state index contributed by atoms with van der Waals surface area (Å²) in [6.45, 7) is -0.372. The van der Waals surface area contributed by atoms with Crippen molar-refractivity contribution < 1.29 is 72.8 Å². The van der Waals surface area contributed by atoms with E-state index in [0.717, 1.165) is 15.4 Å². The molecule has 10 heteroatoms. The number of terminal acetylenes is 1. The van der Waals surface area contributed by atoms with Gasteiger partial charge >= 0.3 is 51.4 Å². The van der Waals surface area contributed by atoms with Gasteiger partial charge in [0.25, 0.3) is 0 Å². The molecule has 28 heavy (non-hydrogen) atoms. The fourth-order valence-corrected chi connectivity index (χ4v) is 4.90. The van der Waals surface area contributed by atoms with E-state index in [1.54, 1.807) is 18.2 Å². The Morgan fingerprint density at radius 1 is 1.04 bits per heavy atom. The molecule has 0 N–H and O–H groups in total. The van der Waals surface area contributed by atoms with Crippen molar-refractivity contribution in [2.24, 2.45) is 0 Å². The van der Waals surface area contributed by atoms with Crippen LogP contribution in [0.4, 0.5) is 5.69 Å². The van der Waals surface area contributed by atoms with Crippen LogP contribution in [0.25, 0.3) is 10.8 Å². The van der Waals surface area contributed by atoms with Gasteiger partial charge in [0.15, 0.2) is 0 Å². The third-order valence-corrected chi connectivity index (χ3v) is 6.72. The van der Waals surface area contributed by atoms with E-state index in [4.69, 9.17) is 6.42 Å². The van der Waals surface area contributed by atoms with E-state index in [1.165, 1.54) is 6.07 Å². The van der Waals surface area contributed by atoms with Gasteiger partial charge in [-0.3, -0.25) is 0 Å². The Morgan fingerprint density at radius 2 is 1.64 bits per heavy atom. The predicted octanol–water partition coefficient (Wildman–Crippen LogP) is -1.53. The summed E-state index contributed by atoms with van der Waals surface area (Å²) in [6.07, 6.45) is 5.17. The second-order valence-corrected chi connectivity index (χ2v) is 9.61.